The second kappa shape index (κ2) is 6.89. The zero-order valence-corrected chi connectivity index (χ0v) is 13.7. The van der Waals surface area contributed by atoms with Crippen LogP contribution in [0.1, 0.15) is 60.9 Å². The number of aliphatic hydroxyl groups is 1. The lowest BCUT2D eigenvalue weighted by molar-refractivity contribution is -0.116. The molecule has 1 aromatic rings. The zero-order valence-electron chi connectivity index (χ0n) is 13.7. The first kappa shape index (κ1) is 16.9. The molecule has 5 nitrogen and oxygen atoms in total. The molecule has 0 spiro atoms. The molecule has 6 heteroatoms. The van der Waals surface area contributed by atoms with Crippen molar-refractivity contribution >= 4 is 17.5 Å². The van der Waals surface area contributed by atoms with Gasteiger partial charge in [0.25, 0.3) is 5.91 Å². The maximum atomic E-state index is 14.2. The molecule has 0 radical (unpaired) electrons. The molecule has 1 aliphatic heterocycles. The number of rotatable bonds is 3. The van der Waals surface area contributed by atoms with Gasteiger partial charge in [0, 0.05) is 18.7 Å². The van der Waals surface area contributed by atoms with E-state index in [9.17, 15) is 19.1 Å². The topological polar surface area (TPSA) is 78.4 Å². The number of amides is 2. The molecule has 0 bridgehead atoms. The van der Waals surface area contributed by atoms with Crippen LogP contribution in [-0.4, -0.2) is 29.1 Å². The fourth-order valence-corrected chi connectivity index (χ4v) is 3.48. The molecule has 2 aliphatic rings. The number of hydrogen-bond acceptors (Lipinski definition) is 3. The molecule has 0 aromatic heterocycles. The lowest BCUT2D eigenvalue weighted by Gasteiger charge is -2.27. The van der Waals surface area contributed by atoms with Gasteiger partial charge in [0.05, 0.1) is 11.2 Å². The van der Waals surface area contributed by atoms with Gasteiger partial charge in [0.15, 0.2) is 0 Å². The fourth-order valence-electron chi connectivity index (χ4n) is 3.48. The minimum absolute atomic E-state index is 0.0397. The van der Waals surface area contributed by atoms with Gasteiger partial charge < -0.3 is 15.7 Å². The summed E-state index contributed by atoms with van der Waals surface area (Å²) in [5, 5.41) is 15.9. The molecule has 1 fully saturated rings. The standard InChI is InChI=1S/C18H23FN2O3/c19-14-10-15-12(5-6-16(22)21-15)9-13(14)17(23)20-11-18(24)7-3-1-2-4-8-18/h9-10,24H,1-8,11H2,(H,20,23)(H,21,22). The number of carbonyl (C=O) groups excluding carboxylic acids is 2. The Morgan fingerprint density at radius 1 is 1.21 bits per heavy atom. The summed E-state index contributed by atoms with van der Waals surface area (Å²) in [7, 11) is 0. The van der Waals surface area contributed by atoms with Crippen LogP contribution >= 0.6 is 0 Å². The Kier molecular flexibility index (Phi) is 4.85. The van der Waals surface area contributed by atoms with E-state index in [0.29, 0.717) is 31.4 Å². The molecule has 3 N–H and O–H groups in total. The molecule has 1 saturated carbocycles. The lowest BCUT2D eigenvalue weighted by atomic mass is 9.94. The van der Waals surface area contributed by atoms with E-state index in [1.807, 2.05) is 0 Å². The Morgan fingerprint density at radius 3 is 2.62 bits per heavy atom. The number of hydrogen-bond donors (Lipinski definition) is 3. The first-order valence-corrected chi connectivity index (χ1v) is 8.60. The Morgan fingerprint density at radius 2 is 1.92 bits per heavy atom. The number of carbonyl (C=O) groups is 2. The number of aryl methyl sites for hydroxylation is 1. The van der Waals surface area contributed by atoms with E-state index < -0.39 is 17.3 Å². The fraction of sp³-hybridized carbons (Fsp3) is 0.556. The molecule has 2 amide bonds. The lowest BCUT2D eigenvalue weighted by Crippen LogP contribution is -2.42. The van der Waals surface area contributed by atoms with Crippen molar-refractivity contribution in [2.24, 2.45) is 0 Å². The number of anilines is 1. The van der Waals surface area contributed by atoms with Crippen molar-refractivity contribution in [3.8, 4) is 0 Å². The van der Waals surface area contributed by atoms with Gasteiger partial charge in [-0.05, 0) is 37.0 Å². The van der Waals surface area contributed by atoms with Crippen molar-refractivity contribution in [2.45, 2.75) is 57.0 Å². The smallest absolute Gasteiger partial charge is 0.254 e. The highest BCUT2D eigenvalue weighted by Gasteiger charge is 2.29. The molecule has 130 valence electrons. The van der Waals surface area contributed by atoms with Crippen molar-refractivity contribution in [2.75, 3.05) is 11.9 Å². The summed E-state index contributed by atoms with van der Waals surface area (Å²) in [6.07, 6.45) is 6.23. The third-order valence-corrected chi connectivity index (χ3v) is 4.95. The van der Waals surface area contributed by atoms with Crippen LogP contribution in [0, 0.1) is 5.82 Å². The number of halogens is 1. The third kappa shape index (κ3) is 3.75. The van der Waals surface area contributed by atoms with Crippen molar-refractivity contribution < 1.29 is 19.1 Å². The second-order valence-electron chi connectivity index (χ2n) is 6.86. The molecule has 0 unspecified atom stereocenters. The molecule has 24 heavy (non-hydrogen) atoms. The summed E-state index contributed by atoms with van der Waals surface area (Å²) >= 11 is 0. The molecule has 0 saturated heterocycles. The predicted octanol–water partition coefficient (Wildman–Crippen LogP) is 2.53. The summed E-state index contributed by atoms with van der Waals surface area (Å²) in [5.74, 6) is -1.33. The minimum Gasteiger partial charge on any atom is -0.388 e. The summed E-state index contributed by atoms with van der Waals surface area (Å²) < 4.78 is 14.2. The highest BCUT2D eigenvalue weighted by Crippen LogP contribution is 2.28. The largest absolute Gasteiger partial charge is 0.388 e. The van der Waals surface area contributed by atoms with Crippen molar-refractivity contribution in [3.05, 3.63) is 29.1 Å². The van der Waals surface area contributed by atoms with Crippen LogP contribution in [0.25, 0.3) is 0 Å². The van der Waals surface area contributed by atoms with Gasteiger partial charge in [-0.1, -0.05) is 25.7 Å². The van der Waals surface area contributed by atoms with Crippen molar-refractivity contribution in [1.29, 1.82) is 0 Å². The number of fused-ring (bicyclic) bond motifs is 1. The summed E-state index contributed by atoms with van der Waals surface area (Å²) in [6.45, 7) is 0.138. The highest BCUT2D eigenvalue weighted by atomic mass is 19.1. The van der Waals surface area contributed by atoms with E-state index >= 15 is 0 Å². The minimum atomic E-state index is -0.898. The van der Waals surface area contributed by atoms with Crippen LogP contribution in [0.4, 0.5) is 10.1 Å². The van der Waals surface area contributed by atoms with Crippen LogP contribution in [0.2, 0.25) is 0 Å². The van der Waals surface area contributed by atoms with Gasteiger partial charge in [-0.25, -0.2) is 4.39 Å². The quantitative estimate of drug-likeness (QED) is 0.743. The van der Waals surface area contributed by atoms with Gasteiger partial charge in [0.1, 0.15) is 5.82 Å². The highest BCUT2D eigenvalue weighted by molar-refractivity contribution is 5.98. The van der Waals surface area contributed by atoms with Crippen LogP contribution in [0.5, 0.6) is 0 Å². The average molecular weight is 334 g/mol. The van der Waals surface area contributed by atoms with Gasteiger partial charge in [-0.3, -0.25) is 9.59 Å². The molecule has 1 aromatic carbocycles. The Hall–Kier alpha value is -1.95. The Bertz CT molecular complexity index is 652. The normalized spacial score (nSPS) is 19.8. The van der Waals surface area contributed by atoms with Gasteiger partial charge in [-0.15, -0.1) is 0 Å². The van der Waals surface area contributed by atoms with Gasteiger partial charge >= 0.3 is 0 Å². The average Bonchev–Trinajstić information content (AvgIpc) is 2.77. The predicted molar refractivity (Wildman–Crippen MR) is 88.3 cm³/mol. The Labute approximate surface area is 140 Å². The summed E-state index contributed by atoms with van der Waals surface area (Å²) in [5.41, 5.74) is 0.254. The third-order valence-electron chi connectivity index (χ3n) is 4.95. The van der Waals surface area contributed by atoms with E-state index in [4.69, 9.17) is 0 Å². The van der Waals surface area contributed by atoms with Gasteiger partial charge in [0.2, 0.25) is 5.91 Å². The zero-order chi connectivity index (χ0) is 17.2. The van der Waals surface area contributed by atoms with Gasteiger partial charge in [-0.2, -0.15) is 0 Å². The van der Waals surface area contributed by atoms with Crippen LogP contribution in [0.15, 0.2) is 12.1 Å². The SMILES string of the molecule is O=C1CCc2cc(C(=O)NCC3(O)CCCCCC3)c(F)cc2N1. The van der Waals surface area contributed by atoms with Crippen LogP contribution in [0.3, 0.4) is 0 Å². The molecule has 1 heterocycles. The van der Waals surface area contributed by atoms with E-state index in [0.717, 1.165) is 31.2 Å². The molecular weight excluding hydrogens is 311 g/mol. The first-order chi connectivity index (χ1) is 11.5. The summed E-state index contributed by atoms with van der Waals surface area (Å²) in [6, 6.07) is 2.69. The summed E-state index contributed by atoms with van der Waals surface area (Å²) in [4.78, 5) is 23.7. The van der Waals surface area contributed by atoms with Crippen LogP contribution < -0.4 is 10.6 Å². The van der Waals surface area contributed by atoms with E-state index in [-0.39, 0.29) is 18.0 Å². The first-order valence-electron chi connectivity index (χ1n) is 8.60. The van der Waals surface area contributed by atoms with E-state index in [2.05, 4.69) is 10.6 Å². The molecule has 3 rings (SSSR count). The molecule has 1 aliphatic carbocycles. The number of benzene rings is 1. The van der Waals surface area contributed by atoms with Crippen molar-refractivity contribution in [1.82, 2.24) is 5.32 Å². The van der Waals surface area contributed by atoms with Crippen molar-refractivity contribution in [3.63, 3.8) is 0 Å². The molecular formula is C18H23FN2O3. The Balaban J connectivity index is 1.70. The molecule has 0 atom stereocenters. The van der Waals surface area contributed by atoms with Crippen LogP contribution in [-0.2, 0) is 11.2 Å². The van der Waals surface area contributed by atoms with E-state index in [1.165, 1.54) is 12.1 Å². The second-order valence-corrected chi connectivity index (χ2v) is 6.86. The number of nitrogens with one attached hydrogen (secondary N) is 2. The van der Waals surface area contributed by atoms with E-state index in [1.54, 1.807) is 0 Å². The maximum absolute atomic E-state index is 14.2. The monoisotopic (exact) mass is 334 g/mol. The maximum Gasteiger partial charge on any atom is 0.254 e.